The fraction of sp³-hybridized carbons (Fsp3) is 0.250. The summed E-state index contributed by atoms with van der Waals surface area (Å²) in [5.41, 5.74) is 3.95. The van der Waals surface area contributed by atoms with Crippen LogP contribution in [0, 0.1) is 13.8 Å². The summed E-state index contributed by atoms with van der Waals surface area (Å²) < 4.78 is 0. The van der Waals surface area contributed by atoms with Crippen molar-refractivity contribution in [3.63, 3.8) is 0 Å². The second-order valence-electron chi connectivity index (χ2n) is 7.42. The van der Waals surface area contributed by atoms with E-state index in [0.29, 0.717) is 0 Å². The van der Waals surface area contributed by atoms with Crippen LogP contribution >= 0.6 is 11.3 Å². The van der Waals surface area contributed by atoms with E-state index >= 15 is 0 Å². The number of thiophene rings is 1. The van der Waals surface area contributed by atoms with Crippen LogP contribution in [0.1, 0.15) is 34.5 Å². The van der Waals surface area contributed by atoms with Crippen molar-refractivity contribution in [1.82, 2.24) is 5.32 Å². The number of carbonyl (C=O) groups is 2. The summed E-state index contributed by atoms with van der Waals surface area (Å²) >= 11 is 1.67. The van der Waals surface area contributed by atoms with E-state index in [0.717, 1.165) is 22.4 Å². The lowest BCUT2D eigenvalue weighted by atomic mass is 10.0. The Hall–Kier alpha value is -2.96. The molecule has 2 amide bonds. The normalized spacial score (nSPS) is 12.8. The van der Waals surface area contributed by atoms with Crippen LogP contribution in [0.3, 0.4) is 0 Å². The molecular weight excluding hydrogens is 394 g/mol. The average molecular weight is 423 g/mol. The molecule has 5 nitrogen and oxygen atoms in total. The smallest absolute Gasteiger partial charge is 0.278 e. The summed E-state index contributed by atoms with van der Waals surface area (Å²) in [6.45, 7) is 5.71. The topological polar surface area (TPSA) is 74.8 Å². The summed E-state index contributed by atoms with van der Waals surface area (Å²) in [4.78, 5) is 26.2. The Morgan fingerprint density at radius 1 is 0.967 bits per heavy atom. The van der Waals surface area contributed by atoms with Gasteiger partial charge in [0.1, 0.15) is 6.04 Å². The Labute approximate surface area is 181 Å². The molecular formula is C24H28N3O2S+. The molecule has 0 saturated heterocycles. The van der Waals surface area contributed by atoms with Gasteiger partial charge in [0.15, 0.2) is 6.04 Å². The van der Waals surface area contributed by atoms with Crippen LogP contribution in [0.4, 0.5) is 5.69 Å². The van der Waals surface area contributed by atoms with Gasteiger partial charge in [0.25, 0.3) is 5.91 Å². The highest BCUT2D eigenvalue weighted by atomic mass is 32.1. The Morgan fingerprint density at radius 3 is 2.30 bits per heavy atom. The van der Waals surface area contributed by atoms with E-state index in [1.165, 1.54) is 4.88 Å². The number of nitrogens with two attached hydrogens (primary N) is 1. The van der Waals surface area contributed by atoms with Crippen molar-refractivity contribution < 1.29 is 14.9 Å². The standard InChI is InChI=1S/C24H27N3O2S/c1-16-9-7-10-17(2)22(16)27-21(28)15-25-24(29)18(3)26-23(20-13-8-14-30-20)19-11-5-4-6-12-19/h4-14,18,23,26H,15H2,1-3H3,(H,25,29)(H,27,28)/p+1/t18-,23+/m1/s1. The fourth-order valence-electron chi connectivity index (χ4n) is 3.40. The molecule has 0 radical (unpaired) electrons. The van der Waals surface area contributed by atoms with E-state index in [4.69, 9.17) is 0 Å². The van der Waals surface area contributed by atoms with Crippen molar-refractivity contribution in [3.8, 4) is 0 Å². The predicted molar refractivity (Wildman–Crippen MR) is 122 cm³/mol. The maximum atomic E-state index is 12.7. The molecule has 0 bridgehead atoms. The highest BCUT2D eigenvalue weighted by molar-refractivity contribution is 7.10. The maximum Gasteiger partial charge on any atom is 0.278 e. The van der Waals surface area contributed by atoms with Gasteiger partial charge in [0, 0.05) is 11.3 Å². The minimum atomic E-state index is -0.342. The number of para-hydroxylation sites is 1. The predicted octanol–water partition coefficient (Wildman–Crippen LogP) is 3.16. The number of rotatable bonds is 8. The van der Waals surface area contributed by atoms with E-state index in [9.17, 15) is 9.59 Å². The third-order valence-corrected chi connectivity index (χ3v) is 6.03. The fourth-order valence-corrected chi connectivity index (χ4v) is 4.23. The van der Waals surface area contributed by atoms with Crippen molar-refractivity contribution in [2.45, 2.75) is 32.9 Å². The van der Waals surface area contributed by atoms with Gasteiger partial charge in [0.05, 0.1) is 11.4 Å². The van der Waals surface area contributed by atoms with E-state index in [-0.39, 0.29) is 30.4 Å². The molecule has 30 heavy (non-hydrogen) atoms. The first kappa shape index (κ1) is 21.7. The van der Waals surface area contributed by atoms with Crippen LogP contribution in [0.25, 0.3) is 0 Å². The zero-order valence-electron chi connectivity index (χ0n) is 17.5. The third kappa shape index (κ3) is 5.55. The summed E-state index contributed by atoms with van der Waals surface area (Å²) in [6, 6.07) is 19.8. The van der Waals surface area contributed by atoms with Gasteiger partial charge in [-0.1, -0.05) is 54.6 Å². The molecule has 3 rings (SSSR count). The minimum absolute atomic E-state index is 0.0374. The lowest BCUT2D eigenvalue weighted by Crippen LogP contribution is -2.92. The number of hydrogen-bond acceptors (Lipinski definition) is 3. The molecule has 3 aromatic rings. The van der Waals surface area contributed by atoms with Gasteiger partial charge in [0.2, 0.25) is 5.91 Å². The number of nitrogens with one attached hydrogen (secondary N) is 2. The molecule has 1 heterocycles. The van der Waals surface area contributed by atoms with Gasteiger partial charge < -0.3 is 16.0 Å². The zero-order valence-corrected chi connectivity index (χ0v) is 18.3. The molecule has 1 aromatic heterocycles. The largest absolute Gasteiger partial charge is 0.342 e. The first-order valence-electron chi connectivity index (χ1n) is 10.0. The number of anilines is 1. The molecule has 4 N–H and O–H groups in total. The van der Waals surface area contributed by atoms with E-state index < -0.39 is 0 Å². The molecule has 0 unspecified atom stereocenters. The summed E-state index contributed by atoms with van der Waals surface area (Å²) in [5, 5.41) is 9.75. The zero-order chi connectivity index (χ0) is 21.5. The van der Waals surface area contributed by atoms with Crippen LogP contribution in [-0.2, 0) is 9.59 Å². The highest BCUT2D eigenvalue weighted by Crippen LogP contribution is 2.22. The van der Waals surface area contributed by atoms with Crippen molar-refractivity contribution in [2.24, 2.45) is 0 Å². The lowest BCUT2D eigenvalue weighted by Gasteiger charge is -2.19. The second-order valence-corrected chi connectivity index (χ2v) is 8.40. The number of carbonyl (C=O) groups excluding carboxylic acids is 2. The van der Waals surface area contributed by atoms with Crippen molar-refractivity contribution in [1.29, 1.82) is 0 Å². The first-order chi connectivity index (χ1) is 14.5. The Bertz CT molecular complexity index is 967. The van der Waals surface area contributed by atoms with Gasteiger partial charge >= 0.3 is 0 Å². The molecule has 156 valence electrons. The number of quaternary nitrogens is 1. The number of hydrogen-bond donors (Lipinski definition) is 3. The van der Waals surface area contributed by atoms with E-state index in [2.05, 4.69) is 28.8 Å². The molecule has 0 spiro atoms. The monoisotopic (exact) mass is 422 g/mol. The highest BCUT2D eigenvalue weighted by Gasteiger charge is 2.25. The van der Waals surface area contributed by atoms with Crippen molar-refractivity contribution in [3.05, 3.63) is 87.6 Å². The third-order valence-electron chi connectivity index (χ3n) is 5.07. The molecule has 0 fully saturated rings. The SMILES string of the molecule is Cc1cccc(C)c1NC(=O)CNC(=O)[C@@H](C)[NH2+][C@@H](c1ccccc1)c1cccs1. The second kappa shape index (κ2) is 10.2. The van der Waals surface area contributed by atoms with Gasteiger partial charge in [-0.2, -0.15) is 0 Å². The molecule has 0 aliphatic rings. The Morgan fingerprint density at radius 2 is 1.67 bits per heavy atom. The Kier molecular flexibility index (Phi) is 7.38. The molecule has 0 aliphatic carbocycles. The molecule has 2 atom stereocenters. The lowest BCUT2D eigenvalue weighted by molar-refractivity contribution is -0.704. The quantitative estimate of drug-likeness (QED) is 0.522. The summed E-state index contributed by atoms with van der Waals surface area (Å²) in [7, 11) is 0. The summed E-state index contributed by atoms with van der Waals surface area (Å²) in [6.07, 6.45) is 0. The van der Waals surface area contributed by atoms with E-state index in [1.807, 2.05) is 73.9 Å². The van der Waals surface area contributed by atoms with Gasteiger partial charge in [-0.15, -0.1) is 11.3 Å². The molecule has 0 aliphatic heterocycles. The van der Waals surface area contributed by atoms with Crippen LogP contribution in [-0.4, -0.2) is 24.4 Å². The van der Waals surface area contributed by atoms with E-state index in [1.54, 1.807) is 11.3 Å². The van der Waals surface area contributed by atoms with Crippen LogP contribution < -0.4 is 16.0 Å². The number of aryl methyl sites for hydroxylation is 2. The van der Waals surface area contributed by atoms with Crippen LogP contribution in [0.2, 0.25) is 0 Å². The van der Waals surface area contributed by atoms with Crippen molar-refractivity contribution in [2.75, 3.05) is 11.9 Å². The number of amides is 2. The van der Waals surface area contributed by atoms with Crippen LogP contribution in [0.15, 0.2) is 66.0 Å². The van der Waals surface area contributed by atoms with Gasteiger partial charge in [-0.25, -0.2) is 0 Å². The average Bonchev–Trinajstić information content (AvgIpc) is 3.28. The van der Waals surface area contributed by atoms with Gasteiger partial charge in [-0.3, -0.25) is 9.59 Å². The van der Waals surface area contributed by atoms with Crippen molar-refractivity contribution >= 4 is 28.8 Å². The molecule has 2 aromatic carbocycles. The first-order valence-corrected chi connectivity index (χ1v) is 10.9. The molecule has 6 heteroatoms. The molecule has 0 saturated carbocycles. The number of benzene rings is 2. The summed E-state index contributed by atoms with van der Waals surface area (Å²) in [5.74, 6) is -0.394. The Balaban J connectivity index is 1.59. The van der Waals surface area contributed by atoms with Crippen LogP contribution in [0.5, 0.6) is 0 Å². The maximum absolute atomic E-state index is 12.7. The minimum Gasteiger partial charge on any atom is -0.342 e. The van der Waals surface area contributed by atoms with Gasteiger partial charge in [-0.05, 0) is 43.3 Å².